The highest BCUT2D eigenvalue weighted by atomic mass is 31.3. The normalized spacial score (nSPS) is 21.2. The monoisotopic (exact) mass is 1020 g/mol. The minimum absolute atomic E-state index is 0.0761. The summed E-state index contributed by atoms with van der Waals surface area (Å²) in [6.07, 6.45) is 21.4. The molecule has 22 heteroatoms. The number of esters is 2. The molecule has 1 saturated heterocycles. The van der Waals surface area contributed by atoms with Gasteiger partial charge in [-0.2, -0.15) is 9.29 Å². The summed E-state index contributed by atoms with van der Waals surface area (Å²) >= 11 is 0. The van der Waals surface area contributed by atoms with Gasteiger partial charge in [-0.15, -0.1) is 0 Å². The summed E-state index contributed by atoms with van der Waals surface area (Å²) in [5, 5.41) is 41.2. The van der Waals surface area contributed by atoms with Gasteiger partial charge in [-0.3, -0.25) is 23.2 Å². The Morgan fingerprint density at radius 1 is 0.797 bits per heavy atom. The third-order valence-corrected chi connectivity index (χ3v) is 13.8. The van der Waals surface area contributed by atoms with Crippen molar-refractivity contribution in [2.45, 2.75) is 186 Å². The van der Waals surface area contributed by atoms with Gasteiger partial charge in [-0.25, -0.2) is 13.9 Å². The van der Waals surface area contributed by atoms with Crippen LogP contribution in [-0.4, -0.2) is 108 Å². The van der Waals surface area contributed by atoms with Crippen LogP contribution in [-0.2, 0) is 46.3 Å². The molecule has 0 spiro atoms. The summed E-state index contributed by atoms with van der Waals surface area (Å²) in [5.74, 6) is -0.788. The Balaban J connectivity index is 1.89. The molecule has 3 unspecified atom stereocenters. The van der Waals surface area contributed by atoms with Crippen molar-refractivity contribution in [1.82, 2.24) is 9.55 Å². The Morgan fingerprint density at radius 2 is 1.38 bits per heavy atom. The van der Waals surface area contributed by atoms with Gasteiger partial charge >= 0.3 is 33.3 Å². The fourth-order valence-electron chi connectivity index (χ4n) is 6.91. The number of nitrogen functional groups attached to an aromatic ring is 1. The van der Waals surface area contributed by atoms with E-state index in [0.29, 0.717) is 12.8 Å². The highest BCUT2D eigenvalue weighted by Crippen LogP contribution is 2.60. The summed E-state index contributed by atoms with van der Waals surface area (Å²) in [7, 11) is -10.9. The van der Waals surface area contributed by atoms with Gasteiger partial charge in [0.1, 0.15) is 30.7 Å². The SMILES string of the molecule is CCCCC[C@@H](O)/C=C/C=C\C/C=C\C=C\[C@@H](O)CCCC(=O)O[C@H](COC(=O)CCCCCCCCCCC(C)CC)COP(=O)(O)OP(=O)(O)OC[C@H]1O[C@@H](n2ccc(N)nc2=O)[C@H](O)[C@@H]1O. The highest BCUT2D eigenvalue weighted by Gasteiger charge is 2.46. The number of anilines is 1. The fraction of sp³-hybridized carbons (Fsp3) is 0.702. The van der Waals surface area contributed by atoms with Gasteiger partial charge in [0.15, 0.2) is 12.3 Å². The quantitative estimate of drug-likeness (QED) is 0.0149. The zero-order valence-corrected chi connectivity index (χ0v) is 42.3. The molecule has 8 N–H and O–H groups in total. The molecule has 0 aromatic carbocycles. The molecule has 69 heavy (non-hydrogen) atoms. The maximum atomic E-state index is 12.8. The molecule has 2 heterocycles. The van der Waals surface area contributed by atoms with Gasteiger partial charge < -0.3 is 50.2 Å². The summed E-state index contributed by atoms with van der Waals surface area (Å²) in [6.45, 7) is 4.09. The molecule has 0 bridgehead atoms. The number of aromatic nitrogens is 2. The van der Waals surface area contributed by atoms with E-state index in [-0.39, 0.29) is 31.5 Å². The van der Waals surface area contributed by atoms with E-state index < -0.39 is 95.9 Å². The van der Waals surface area contributed by atoms with Crippen molar-refractivity contribution in [2.24, 2.45) is 5.92 Å². The lowest BCUT2D eigenvalue weighted by atomic mass is 9.99. The van der Waals surface area contributed by atoms with Crippen LogP contribution in [0.25, 0.3) is 0 Å². The number of phosphoric ester groups is 2. The van der Waals surface area contributed by atoms with Crippen molar-refractivity contribution >= 4 is 33.4 Å². The van der Waals surface area contributed by atoms with Gasteiger partial charge in [0.25, 0.3) is 0 Å². The summed E-state index contributed by atoms with van der Waals surface area (Å²) in [5.41, 5.74) is 4.56. The van der Waals surface area contributed by atoms with Crippen LogP contribution >= 0.6 is 15.6 Å². The first-order valence-corrected chi connectivity index (χ1v) is 27.3. The van der Waals surface area contributed by atoms with Crippen molar-refractivity contribution in [2.75, 3.05) is 25.6 Å². The van der Waals surface area contributed by atoms with Crippen LogP contribution in [0, 0.1) is 5.92 Å². The molecule has 1 aliphatic heterocycles. The Morgan fingerprint density at radius 3 is 2.00 bits per heavy atom. The first kappa shape index (κ1) is 61.8. The summed E-state index contributed by atoms with van der Waals surface area (Å²) in [6, 6.07) is 1.23. The number of aliphatic hydroxyl groups is 4. The second-order valence-electron chi connectivity index (χ2n) is 17.3. The Kier molecular flexibility index (Phi) is 31.2. The third-order valence-electron chi connectivity index (χ3n) is 11.2. The lowest BCUT2D eigenvalue weighted by Gasteiger charge is -2.21. The van der Waals surface area contributed by atoms with E-state index in [1.54, 1.807) is 24.3 Å². The van der Waals surface area contributed by atoms with Crippen molar-refractivity contribution in [3.05, 3.63) is 71.4 Å². The molecular formula is C47H79N3O17P2. The molecule has 0 aliphatic carbocycles. The molecule has 394 valence electrons. The van der Waals surface area contributed by atoms with Crippen LogP contribution in [0.3, 0.4) is 0 Å². The first-order valence-electron chi connectivity index (χ1n) is 24.3. The molecule has 10 atom stereocenters. The molecule has 0 amide bonds. The molecule has 1 aromatic rings. The minimum atomic E-state index is -5.48. The van der Waals surface area contributed by atoms with Crippen molar-refractivity contribution < 1.29 is 76.5 Å². The smallest absolute Gasteiger partial charge is 0.462 e. The number of carbonyl (C=O) groups is 2. The highest BCUT2D eigenvalue weighted by molar-refractivity contribution is 7.61. The molecule has 1 aromatic heterocycles. The summed E-state index contributed by atoms with van der Waals surface area (Å²) in [4.78, 5) is 61.8. The predicted molar refractivity (Wildman–Crippen MR) is 259 cm³/mol. The maximum absolute atomic E-state index is 12.8. The zero-order chi connectivity index (χ0) is 51.1. The van der Waals surface area contributed by atoms with Crippen LogP contribution < -0.4 is 11.4 Å². The number of nitrogens with two attached hydrogens (primary N) is 1. The molecule has 20 nitrogen and oxygen atoms in total. The molecule has 2 rings (SSSR count). The van der Waals surface area contributed by atoms with Crippen LogP contribution in [0.1, 0.15) is 149 Å². The van der Waals surface area contributed by atoms with E-state index in [0.717, 1.165) is 68.0 Å². The third kappa shape index (κ3) is 28.3. The number of allylic oxidation sites excluding steroid dienone is 6. The number of hydrogen-bond acceptors (Lipinski definition) is 17. The number of phosphoric acid groups is 2. The topological polar surface area (TPSA) is 306 Å². The maximum Gasteiger partial charge on any atom is 0.481 e. The predicted octanol–water partition coefficient (Wildman–Crippen LogP) is 7.18. The van der Waals surface area contributed by atoms with Gasteiger partial charge in [-0.05, 0) is 44.1 Å². The van der Waals surface area contributed by atoms with Crippen LogP contribution in [0.15, 0.2) is 65.7 Å². The van der Waals surface area contributed by atoms with Crippen LogP contribution in [0.4, 0.5) is 5.82 Å². The lowest BCUT2D eigenvalue weighted by Crippen LogP contribution is -2.36. The standard InChI is InChI=1S/C47H79N3O17P2/c1-4-6-18-25-37(51)26-20-15-11-9-12-16-21-27-38(52)28-23-30-43(54)65-39(33-62-42(53)29-22-17-13-8-7-10-14-19-24-36(3)5-2)34-63-68(58,59)67-69(60,61)64-35-40-44(55)45(56)46(66-40)50-32-31-41(48)49-47(50)57/h11-12,15-16,20-21,26-27,31-32,36-40,44-46,51-52,55-56H,4-10,13-14,17-19,22-25,28-30,33-35H2,1-3H3,(H,58,59)(H,60,61)(H2,48,49,57)/b15-11-,16-12-,26-20+,27-21+/t36?,37-,38-,39-,40-,44-,45-,46-/m1/s1. The lowest BCUT2D eigenvalue weighted by molar-refractivity contribution is -0.161. The molecular weight excluding hydrogens is 940 g/mol. The Bertz CT molecular complexity index is 1900. The van der Waals surface area contributed by atoms with E-state index >= 15 is 0 Å². The van der Waals surface area contributed by atoms with Gasteiger partial charge in [0.05, 0.1) is 25.4 Å². The van der Waals surface area contributed by atoms with E-state index in [2.05, 4.69) is 30.1 Å². The number of aliphatic hydroxyl groups excluding tert-OH is 4. The largest absolute Gasteiger partial charge is 0.481 e. The van der Waals surface area contributed by atoms with Crippen molar-refractivity contribution in [1.29, 1.82) is 0 Å². The Hall–Kier alpha value is -3.36. The fourth-order valence-corrected chi connectivity index (χ4v) is 9.02. The van der Waals surface area contributed by atoms with Crippen molar-refractivity contribution in [3.8, 4) is 0 Å². The molecule has 0 saturated carbocycles. The van der Waals surface area contributed by atoms with E-state index in [4.69, 9.17) is 29.0 Å². The minimum Gasteiger partial charge on any atom is -0.462 e. The van der Waals surface area contributed by atoms with Crippen LogP contribution in [0.5, 0.6) is 0 Å². The summed E-state index contributed by atoms with van der Waals surface area (Å²) < 4.78 is 56.5. The molecule has 1 aliphatic rings. The number of unbranched alkanes of at least 4 members (excludes halogenated alkanes) is 9. The van der Waals surface area contributed by atoms with E-state index in [9.17, 15) is 53.7 Å². The number of ether oxygens (including phenoxy) is 3. The van der Waals surface area contributed by atoms with Crippen molar-refractivity contribution in [3.63, 3.8) is 0 Å². The average molecular weight is 1020 g/mol. The molecule has 0 radical (unpaired) electrons. The van der Waals surface area contributed by atoms with Gasteiger partial charge in [0.2, 0.25) is 0 Å². The van der Waals surface area contributed by atoms with E-state index in [1.165, 1.54) is 38.2 Å². The average Bonchev–Trinajstić information content (AvgIpc) is 3.57. The zero-order valence-electron chi connectivity index (χ0n) is 40.5. The second kappa shape index (κ2) is 34.9. The number of hydrogen-bond donors (Lipinski definition) is 7. The Labute approximate surface area is 406 Å². The number of carbonyl (C=O) groups excluding carboxylic acids is 2. The second-order valence-corrected chi connectivity index (χ2v) is 20.3. The first-order chi connectivity index (χ1) is 32.9. The number of rotatable bonds is 38. The van der Waals surface area contributed by atoms with Gasteiger partial charge in [-0.1, -0.05) is 146 Å². The van der Waals surface area contributed by atoms with Crippen LogP contribution in [0.2, 0.25) is 0 Å². The molecule has 1 fully saturated rings. The number of nitrogens with zero attached hydrogens (tertiary/aromatic N) is 2. The van der Waals surface area contributed by atoms with E-state index in [1.807, 2.05) is 24.3 Å². The van der Waals surface area contributed by atoms with Gasteiger partial charge in [0, 0.05) is 19.0 Å².